The molecule has 1 aliphatic carbocycles. The van der Waals surface area contributed by atoms with E-state index in [0.29, 0.717) is 27.8 Å². The average Bonchev–Trinajstić information content (AvgIpc) is 2.91. The molecule has 7 heteroatoms. The monoisotopic (exact) mass is 425 g/mol. The highest BCUT2D eigenvalue weighted by molar-refractivity contribution is 7.17. The van der Waals surface area contributed by atoms with Gasteiger partial charge < -0.3 is 10.1 Å². The molecule has 0 aliphatic heterocycles. The van der Waals surface area contributed by atoms with Crippen LogP contribution in [-0.4, -0.2) is 18.5 Å². The van der Waals surface area contributed by atoms with Gasteiger partial charge in [0.15, 0.2) is 0 Å². The zero-order chi connectivity index (χ0) is 19.4. The Hall–Kier alpha value is -1.56. The minimum atomic E-state index is -0.381. The van der Waals surface area contributed by atoms with Crippen LogP contribution in [0.25, 0.3) is 0 Å². The first kappa shape index (κ1) is 20.2. The zero-order valence-corrected chi connectivity index (χ0v) is 17.4. The van der Waals surface area contributed by atoms with Crippen molar-refractivity contribution in [1.29, 1.82) is 0 Å². The van der Waals surface area contributed by atoms with Gasteiger partial charge in [-0.3, -0.25) is 4.79 Å². The lowest BCUT2D eigenvalue weighted by Crippen LogP contribution is -2.16. The molecule has 27 heavy (non-hydrogen) atoms. The van der Waals surface area contributed by atoms with Crippen LogP contribution in [0, 0.1) is 0 Å². The fourth-order valence-electron chi connectivity index (χ4n) is 3.27. The van der Waals surface area contributed by atoms with Gasteiger partial charge in [-0.2, -0.15) is 0 Å². The highest BCUT2D eigenvalue weighted by Crippen LogP contribution is 2.38. The van der Waals surface area contributed by atoms with Crippen LogP contribution in [0.4, 0.5) is 5.00 Å². The number of esters is 1. The number of benzene rings is 1. The third-order valence-corrected chi connectivity index (χ3v) is 6.31. The zero-order valence-electron chi connectivity index (χ0n) is 15.1. The van der Waals surface area contributed by atoms with E-state index in [4.69, 9.17) is 27.9 Å². The van der Waals surface area contributed by atoms with Gasteiger partial charge in [0.1, 0.15) is 5.00 Å². The lowest BCUT2D eigenvalue weighted by Gasteiger charge is -2.11. The summed E-state index contributed by atoms with van der Waals surface area (Å²) in [5, 5.41) is 4.15. The number of anilines is 1. The largest absolute Gasteiger partial charge is 0.462 e. The second-order valence-electron chi connectivity index (χ2n) is 6.42. The number of carbonyl (C=O) groups excluding carboxylic acids is 2. The number of aryl methyl sites for hydroxylation is 1. The molecule has 1 N–H and O–H groups in total. The summed E-state index contributed by atoms with van der Waals surface area (Å²) in [5.74, 6) is -0.746. The van der Waals surface area contributed by atoms with Gasteiger partial charge in [0, 0.05) is 9.90 Å². The Labute approximate surface area is 172 Å². The van der Waals surface area contributed by atoms with Gasteiger partial charge >= 0.3 is 5.97 Å². The molecule has 1 heterocycles. The number of halogens is 2. The standard InChI is InChI=1S/C20H21Cl2NO3S/c1-2-26-20(25)17-14-7-5-3-4-6-8-16(14)27-19(17)23-18(24)13-10-9-12(21)11-15(13)22/h9-11H,2-8H2,1H3,(H,23,24). The number of hydrogen-bond donors (Lipinski definition) is 1. The van der Waals surface area contributed by atoms with Gasteiger partial charge in [-0.25, -0.2) is 4.79 Å². The number of rotatable bonds is 4. The third-order valence-electron chi connectivity index (χ3n) is 4.55. The van der Waals surface area contributed by atoms with E-state index in [2.05, 4.69) is 5.32 Å². The maximum absolute atomic E-state index is 12.7. The summed E-state index contributed by atoms with van der Waals surface area (Å²) in [4.78, 5) is 26.5. The predicted molar refractivity (Wildman–Crippen MR) is 111 cm³/mol. The molecule has 0 fully saturated rings. The van der Waals surface area contributed by atoms with Crippen molar-refractivity contribution in [3.8, 4) is 0 Å². The van der Waals surface area contributed by atoms with Gasteiger partial charge in [-0.15, -0.1) is 11.3 Å². The summed E-state index contributed by atoms with van der Waals surface area (Å²) in [6.45, 7) is 2.07. The van der Waals surface area contributed by atoms with E-state index >= 15 is 0 Å². The highest BCUT2D eigenvalue weighted by atomic mass is 35.5. The highest BCUT2D eigenvalue weighted by Gasteiger charge is 2.26. The fraction of sp³-hybridized carbons (Fsp3) is 0.400. The van der Waals surface area contributed by atoms with Gasteiger partial charge in [-0.1, -0.05) is 36.0 Å². The second-order valence-corrected chi connectivity index (χ2v) is 8.37. The maximum atomic E-state index is 12.7. The second kappa shape index (κ2) is 9.09. The molecule has 0 saturated heterocycles. The SMILES string of the molecule is CCOC(=O)c1c(NC(=O)c2ccc(Cl)cc2Cl)sc2c1CCCCCC2. The molecule has 144 valence electrons. The van der Waals surface area contributed by atoms with Crippen molar-refractivity contribution in [2.24, 2.45) is 0 Å². The first-order chi connectivity index (χ1) is 13.0. The Morgan fingerprint density at radius 2 is 1.89 bits per heavy atom. The van der Waals surface area contributed by atoms with Crippen LogP contribution in [0.1, 0.15) is 63.8 Å². The van der Waals surface area contributed by atoms with Gasteiger partial charge in [0.25, 0.3) is 5.91 Å². The number of carbonyl (C=O) groups is 2. The molecule has 0 saturated carbocycles. The number of fused-ring (bicyclic) bond motifs is 1. The van der Waals surface area contributed by atoms with Gasteiger partial charge in [-0.05, 0) is 56.4 Å². The molecule has 0 unspecified atom stereocenters. The van der Waals surface area contributed by atoms with Crippen LogP contribution < -0.4 is 5.32 Å². The number of amides is 1. The Morgan fingerprint density at radius 3 is 2.59 bits per heavy atom. The smallest absolute Gasteiger partial charge is 0.341 e. The lowest BCUT2D eigenvalue weighted by atomic mass is 9.96. The molecule has 0 spiro atoms. The first-order valence-corrected chi connectivity index (χ1v) is 10.7. The number of ether oxygens (including phenoxy) is 1. The quantitative estimate of drug-likeness (QED) is 0.598. The van der Waals surface area contributed by atoms with Crippen molar-refractivity contribution >= 4 is 51.4 Å². The third kappa shape index (κ3) is 4.65. The van der Waals surface area contributed by atoms with Crippen molar-refractivity contribution in [2.45, 2.75) is 45.4 Å². The van der Waals surface area contributed by atoms with Gasteiger partial charge in [0.05, 0.1) is 22.8 Å². The maximum Gasteiger partial charge on any atom is 0.341 e. The van der Waals surface area contributed by atoms with Crippen LogP contribution in [0.2, 0.25) is 10.0 Å². The van der Waals surface area contributed by atoms with Crippen molar-refractivity contribution < 1.29 is 14.3 Å². The van der Waals surface area contributed by atoms with Gasteiger partial charge in [0.2, 0.25) is 0 Å². The summed E-state index contributed by atoms with van der Waals surface area (Å²) in [5.41, 5.74) is 1.84. The van der Waals surface area contributed by atoms with Crippen LogP contribution in [0.15, 0.2) is 18.2 Å². The van der Waals surface area contributed by atoms with E-state index in [1.807, 2.05) is 0 Å². The van der Waals surface area contributed by atoms with E-state index in [1.165, 1.54) is 23.8 Å². The molecular weight excluding hydrogens is 405 g/mol. The molecule has 0 atom stereocenters. The molecule has 1 aromatic carbocycles. The molecule has 0 bridgehead atoms. The summed E-state index contributed by atoms with van der Waals surface area (Å²) in [6, 6.07) is 4.72. The van der Waals surface area contributed by atoms with Crippen molar-refractivity contribution in [2.75, 3.05) is 11.9 Å². The Bertz CT molecular complexity index is 863. The Morgan fingerprint density at radius 1 is 1.15 bits per heavy atom. The summed E-state index contributed by atoms with van der Waals surface area (Å²) < 4.78 is 5.26. The van der Waals surface area contributed by atoms with Crippen molar-refractivity contribution in [3.05, 3.63) is 49.8 Å². The summed E-state index contributed by atoms with van der Waals surface area (Å²) in [7, 11) is 0. The molecule has 1 amide bonds. The lowest BCUT2D eigenvalue weighted by molar-refractivity contribution is 0.0526. The average molecular weight is 426 g/mol. The molecule has 2 aromatic rings. The van der Waals surface area contributed by atoms with E-state index < -0.39 is 0 Å². The number of thiophene rings is 1. The summed E-state index contributed by atoms with van der Waals surface area (Å²) in [6.07, 6.45) is 6.22. The van der Waals surface area contributed by atoms with E-state index in [9.17, 15) is 9.59 Å². The van der Waals surface area contributed by atoms with Crippen LogP contribution in [0.5, 0.6) is 0 Å². The normalized spacial score (nSPS) is 14.0. The molecule has 0 radical (unpaired) electrons. The van der Waals surface area contributed by atoms with Crippen LogP contribution in [0.3, 0.4) is 0 Å². The minimum absolute atomic E-state index is 0.271. The van der Waals surface area contributed by atoms with Crippen molar-refractivity contribution in [1.82, 2.24) is 0 Å². The molecule has 1 aliphatic rings. The minimum Gasteiger partial charge on any atom is -0.462 e. The molecule has 3 rings (SSSR count). The first-order valence-electron chi connectivity index (χ1n) is 9.09. The van der Waals surface area contributed by atoms with E-state index in [1.54, 1.807) is 19.1 Å². The molecular formula is C20H21Cl2NO3S. The number of nitrogens with one attached hydrogen (secondary N) is 1. The van der Waals surface area contributed by atoms with E-state index in [0.717, 1.165) is 42.5 Å². The van der Waals surface area contributed by atoms with Crippen molar-refractivity contribution in [3.63, 3.8) is 0 Å². The van der Waals surface area contributed by atoms with Crippen LogP contribution in [-0.2, 0) is 17.6 Å². The Balaban J connectivity index is 1.96. The Kier molecular flexibility index (Phi) is 6.79. The topological polar surface area (TPSA) is 55.4 Å². The number of hydrogen-bond acceptors (Lipinski definition) is 4. The molecule has 1 aromatic heterocycles. The van der Waals surface area contributed by atoms with E-state index in [-0.39, 0.29) is 16.9 Å². The predicted octanol–water partition coefficient (Wildman–Crippen LogP) is 6.14. The molecule has 4 nitrogen and oxygen atoms in total. The fourth-order valence-corrected chi connectivity index (χ4v) is 5.04. The van der Waals surface area contributed by atoms with Crippen LogP contribution >= 0.6 is 34.5 Å². The summed E-state index contributed by atoms with van der Waals surface area (Å²) >= 11 is 13.5.